The van der Waals surface area contributed by atoms with Crippen LogP contribution in [0.5, 0.6) is 5.75 Å². The van der Waals surface area contributed by atoms with Crippen molar-refractivity contribution in [1.82, 2.24) is 15.0 Å². The number of carbonyl (C=O) groups excluding carboxylic acids is 1. The Morgan fingerprint density at radius 3 is 2.44 bits per heavy atom. The molecule has 7 nitrogen and oxygen atoms in total. The van der Waals surface area contributed by atoms with Gasteiger partial charge in [0, 0.05) is 29.9 Å². The number of aryl methyl sites for hydroxylation is 3. The van der Waals surface area contributed by atoms with Crippen LogP contribution in [-0.2, 0) is 0 Å². The molecule has 1 aromatic carbocycles. The molecule has 0 bridgehead atoms. The Morgan fingerprint density at radius 1 is 1.11 bits per heavy atom. The number of hydrogen-bond acceptors (Lipinski definition) is 7. The highest BCUT2D eigenvalue weighted by atomic mass is 32.1. The molecular formula is C19H21N5O2S. The molecule has 2 N–H and O–H groups in total. The second-order valence-electron chi connectivity index (χ2n) is 6.06. The summed E-state index contributed by atoms with van der Waals surface area (Å²) >= 11 is 1.44. The third kappa shape index (κ3) is 3.90. The van der Waals surface area contributed by atoms with Crippen LogP contribution in [0.1, 0.15) is 26.4 Å². The number of rotatable bonds is 5. The molecule has 0 fully saturated rings. The standard InChI is InChI=1S/C19H21N5O2S/c1-10-7-15(26-5)11(2)6-14(10)16-12(3)27-19(23-16)24-17(25)13-8-21-18(20-4)22-9-13/h6-9H,1-5H3,(H,20,21,22)(H,23,24,25). The van der Waals surface area contributed by atoms with Crippen LogP contribution >= 0.6 is 11.3 Å². The zero-order valence-corrected chi connectivity index (χ0v) is 16.7. The average molecular weight is 383 g/mol. The average Bonchev–Trinajstić information content (AvgIpc) is 3.03. The third-order valence-corrected chi connectivity index (χ3v) is 5.04. The van der Waals surface area contributed by atoms with Crippen molar-refractivity contribution in [3.63, 3.8) is 0 Å². The second-order valence-corrected chi connectivity index (χ2v) is 7.26. The van der Waals surface area contributed by atoms with E-state index >= 15 is 0 Å². The lowest BCUT2D eigenvalue weighted by Crippen LogP contribution is -2.13. The summed E-state index contributed by atoms with van der Waals surface area (Å²) < 4.78 is 5.38. The van der Waals surface area contributed by atoms with Crippen LogP contribution in [0.3, 0.4) is 0 Å². The summed E-state index contributed by atoms with van der Waals surface area (Å²) in [5, 5.41) is 6.18. The molecule has 0 atom stereocenters. The molecule has 0 aliphatic carbocycles. The van der Waals surface area contributed by atoms with Gasteiger partial charge in [0.25, 0.3) is 5.91 Å². The minimum absolute atomic E-state index is 0.291. The van der Waals surface area contributed by atoms with E-state index in [0.29, 0.717) is 16.6 Å². The summed E-state index contributed by atoms with van der Waals surface area (Å²) in [4.78, 5) is 26.2. The van der Waals surface area contributed by atoms with E-state index in [0.717, 1.165) is 33.0 Å². The highest BCUT2D eigenvalue weighted by molar-refractivity contribution is 7.16. The number of thiazole rings is 1. The van der Waals surface area contributed by atoms with Crippen LogP contribution in [0.15, 0.2) is 24.5 Å². The van der Waals surface area contributed by atoms with Crippen molar-refractivity contribution in [3.8, 4) is 17.0 Å². The molecule has 3 rings (SSSR count). The first-order chi connectivity index (χ1) is 12.9. The Morgan fingerprint density at radius 2 is 1.81 bits per heavy atom. The predicted molar refractivity (Wildman–Crippen MR) is 108 cm³/mol. The number of aromatic nitrogens is 3. The van der Waals surface area contributed by atoms with Gasteiger partial charge in [0.15, 0.2) is 5.13 Å². The zero-order chi connectivity index (χ0) is 19.6. The number of hydrogen-bond donors (Lipinski definition) is 2. The Bertz CT molecular complexity index is 983. The molecule has 8 heteroatoms. The number of benzene rings is 1. The number of carbonyl (C=O) groups is 1. The molecule has 0 radical (unpaired) electrons. The smallest absolute Gasteiger partial charge is 0.260 e. The van der Waals surface area contributed by atoms with E-state index in [4.69, 9.17) is 4.74 Å². The lowest BCUT2D eigenvalue weighted by Gasteiger charge is -2.10. The van der Waals surface area contributed by atoms with Gasteiger partial charge in [0.05, 0.1) is 18.4 Å². The van der Waals surface area contributed by atoms with Crippen molar-refractivity contribution in [2.75, 3.05) is 24.8 Å². The van der Waals surface area contributed by atoms with E-state index in [2.05, 4.69) is 31.7 Å². The number of amides is 1. The van der Waals surface area contributed by atoms with Crippen molar-refractivity contribution in [3.05, 3.63) is 46.1 Å². The molecule has 0 aliphatic heterocycles. The molecular weight excluding hydrogens is 362 g/mol. The summed E-state index contributed by atoms with van der Waals surface area (Å²) in [6, 6.07) is 4.06. The van der Waals surface area contributed by atoms with Crippen LogP contribution in [0.4, 0.5) is 11.1 Å². The quantitative estimate of drug-likeness (QED) is 0.696. The summed E-state index contributed by atoms with van der Waals surface area (Å²) in [5.74, 6) is 1.02. The lowest BCUT2D eigenvalue weighted by molar-refractivity contribution is 0.102. The lowest BCUT2D eigenvalue weighted by atomic mass is 10.0. The van der Waals surface area contributed by atoms with Gasteiger partial charge in [0.2, 0.25) is 5.95 Å². The molecule has 0 aliphatic rings. The summed E-state index contributed by atoms with van der Waals surface area (Å²) in [7, 11) is 3.38. The third-order valence-electron chi connectivity index (χ3n) is 4.15. The van der Waals surface area contributed by atoms with E-state index in [9.17, 15) is 4.79 Å². The van der Waals surface area contributed by atoms with Crippen molar-refractivity contribution < 1.29 is 9.53 Å². The molecule has 0 spiro atoms. The molecule has 0 unspecified atom stereocenters. The van der Waals surface area contributed by atoms with Gasteiger partial charge in [-0.25, -0.2) is 15.0 Å². The fraction of sp³-hybridized carbons (Fsp3) is 0.263. The molecule has 1 amide bonds. The molecule has 27 heavy (non-hydrogen) atoms. The van der Waals surface area contributed by atoms with E-state index < -0.39 is 0 Å². The first-order valence-electron chi connectivity index (χ1n) is 8.37. The fourth-order valence-corrected chi connectivity index (χ4v) is 3.53. The van der Waals surface area contributed by atoms with Gasteiger partial charge in [-0.3, -0.25) is 10.1 Å². The summed E-state index contributed by atoms with van der Waals surface area (Å²) in [6.45, 7) is 6.02. The second kappa shape index (κ2) is 7.71. The van der Waals surface area contributed by atoms with Crippen molar-refractivity contribution in [1.29, 1.82) is 0 Å². The summed E-state index contributed by atoms with van der Waals surface area (Å²) in [6.07, 6.45) is 2.96. The zero-order valence-electron chi connectivity index (χ0n) is 15.9. The number of nitrogens with one attached hydrogen (secondary N) is 2. The fourth-order valence-electron chi connectivity index (χ4n) is 2.71. The minimum Gasteiger partial charge on any atom is -0.496 e. The largest absolute Gasteiger partial charge is 0.496 e. The first kappa shape index (κ1) is 18.8. The van der Waals surface area contributed by atoms with E-state index in [1.807, 2.05) is 26.8 Å². The SMILES string of the molecule is CNc1ncc(C(=O)Nc2nc(-c3cc(C)c(OC)cc3C)c(C)s2)cn1. The normalized spacial score (nSPS) is 10.6. The van der Waals surface area contributed by atoms with Crippen LogP contribution < -0.4 is 15.4 Å². The van der Waals surface area contributed by atoms with Gasteiger partial charge in [-0.2, -0.15) is 0 Å². The Balaban J connectivity index is 1.86. The van der Waals surface area contributed by atoms with E-state index in [-0.39, 0.29) is 5.91 Å². The van der Waals surface area contributed by atoms with Crippen molar-refractivity contribution in [2.45, 2.75) is 20.8 Å². The van der Waals surface area contributed by atoms with E-state index in [1.165, 1.54) is 23.7 Å². The van der Waals surface area contributed by atoms with Gasteiger partial charge in [-0.1, -0.05) is 0 Å². The van der Waals surface area contributed by atoms with E-state index in [1.54, 1.807) is 14.2 Å². The Kier molecular flexibility index (Phi) is 5.36. The Labute approximate surface area is 161 Å². The predicted octanol–water partition coefficient (Wildman–Crippen LogP) is 3.83. The number of anilines is 2. The molecule has 140 valence electrons. The van der Waals surface area contributed by atoms with Gasteiger partial charge < -0.3 is 10.1 Å². The first-order valence-corrected chi connectivity index (χ1v) is 9.18. The highest BCUT2D eigenvalue weighted by Crippen LogP contribution is 2.35. The minimum atomic E-state index is -0.291. The van der Waals surface area contributed by atoms with Crippen molar-refractivity contribution >= 4 is 28.3 Å². The topological polar surface area (TPSA) is 89.0 Å². The number of nitrogens with zero attached hydrogens (tertiary/aromatic N) is 3. The molecule has 0 saturated carbocycles. The molecule has 0 saturated heterocycles. The van der Waals surface area contributed by atoms with Gasteiger partial charge in [-0.15, -0.1) is 11.3 Å². The maximum Gasteiger partial charge on any atom is 0.260 e. The van der Waals surface area contributed by atoms with Crippen LogP contribution in [0.25, 0.3) is 11.3 Å². The maximum absolute atomic E-state index is 12.4. The summed E-state index contributed by atoms with van der Waals surface area (Å²) in [5.41, 5.74) is 4.38. The van der Waals surface area contributed by atoms with Crippen LogP contribution in [0, 0.1) is 20.8 Å². The highest BCUT2D eigenvalue weighted by Gasteiger charge is 2.16. The van der Waals surface area contributed by atoms with Crippen LogP contribution in [-0.4, -0.2) is 35.0 Å². The molecule has 3 aromatic rings. The molecule has 2 aromatic heterocycles. The van der Waals surface area contributed by atoms with Gasteiger partial charge >= 0.3 is 0 Å². The maximum atomic E-state index is 12.4. The number of methoxy groups -OCH3 is 1. The van der Waals surface area contributed by atoms with Gasteiger partial charge in [-0.05, 0) is 44.0 Å². The monoisotopic (exact) mass is 383 g/mol. The number of ether oxygens (including phenoxy) is 1. The van der Waals surface area contributed by atoms with Crippen molar-refractivity contribution in [2.24, 2.45) is 0 Å². The molecule has 2 heterocycles. The Hall–Kier alpha value is -3.00. The van der Waals surface area contributed by atoms with Gasteiger partial charge in [0.1, 0.15) is 5.75 Å². The van der Waals surface area contributed by atoms with Crippen LogP contribution in [0.2, 0.25) is 0 Å².